The molecule has 0 amide bonds. The monoisotopic (exact) mass is 251 g/mol. The summed E-state index contributed by atoms with van der Waals surface area (Å²) < 4.78 is 3.90. The summed E-state index contributed by atoms with van der Waals surface area (Å²) in [6.45, 7) is 4.17. The van der Waals surface area contributed by atoms with Gasteiger partial charge in [-0.15, -0.1) is 0 Å². The SMILES string of the molecule is CC(C)c1c(N)c(=O)n(C2CCCCCC2)n1C. The first-order valence-electron chi connectivity index (χ1n) is 7.11. The summed E-state index contributed by atoms with van der Waals surface area (Å²) in [5.74, 6) is 0.287. The van der Waals surface area contributed by atoms with Crippen molar-refractivity contribution in [3.05, 3.63) is 16.0 Å². The zero-order chi connectivity index (χ0) is 13.3. The van der Waals surface area contributed by atoms with Gasteiger partial charge in [0.2, 0.25) is 0 Å². The van der Waals surface area contributed by atoms with E-state index in [0.717, 1.165) is 18.5 Å². The number of hydrogen-bond acceptors (Lipinski definition) is 2. The van der Waals surface area contributed by atoms with Crippen LogP contribution < -0.4 is 11.3 Å². The van der Waals surface area contributed by atoms with E-state index in [9.17, 15) is 4.79 Å². The molecule has 4 nitrogen and oxygen atoms in total. The zero-order valence-corrected chi connectivity index (χ0v) is 11.8. The van der Waals surface area contributed by atoms with E-state index < -0.39 is 0 Å². The van der Waals surface area contributed by atoms with Gasteiger partial charge in [0.05, 0.1) is 11.7 Å². The molecule has 4 heteroatoms. The molecule has 1 aromatic rings. The third kappa shape index (κ3) is 2.20. The lowest BCUT2D eigenvalue weighted by atomic mass is 10.1. The maximum Gasteiger partial charge on any atom is 0.290 e. The van der Waals surface area contributed by atoms with Crippen LogP contribution in [0, 0.1) is 0 Å². The van der Waals surface area contributed by atoms with Crippen molar-refractivity contribution in [3.8, 4) is 0 Å². The highest BCUT2D eigenvalue weighted by Gasteiger charge is 2.23. The summed E-state index contributed by atoms with van der Waals surface area (Å²) in [5.41, 5.74) is 7.42. The minimum atomic E-state index is 0.00750. The van der Waals surface area contributed by atoms with Crippen LogP contribution in [0.5, 0.6) is 0 Å². The Hall–Kier alpha value is -1.19. The average molecular weight is 251 g/mol. The third-order valence-electron chi connectivity index (χ3n) is 4.10. The number of aromatic nitrogens is 2. The summed E-state index contributed by atoms with van der Waals surface area (Å²) in [6, 6.07) is 0.333. The first-order chi connectivity index (χ1) is 8.54. The molecule has 0 bridgehead atoms. The fraction of sp³-hybridized carbons (Fsp3) is 0.786. The molecule has 102 valence electrons. The topological polar surface area (TPSA) is 53.0 Å². The van der Waals surface area contributed by atoms with Crippen LogP contribution in [0.2, 0.25) is 0 Å². The highest BCUT2D eigenvalue weighted by molar-refractivity contribution is 5.43. The highest BCUT2D eigenvalue weighted by atomic mass is 16.1. The Balaban J connectivity index is 2.44. The summed E-state index contributed by atoms with van der Waals surface area (Å²) in [7, 11) is 1.97. The summed E-state index contributed by atoms with van der Waals surface area (Å²) >= 11 is 0. The van der Waals surface area contributed by atoms with Gasteiger partial charge in [-0.2, -0.15) is 0 Å². The number of nitrogens with zero attached hydrogens (tertiary/aromatic N) is 2. The molecule has 18 heavy (non-hydrogen) atoms. The zero-order valence-electron chi connectivity index (χ0n) is 11.8. The first kappa shape index (κ1) is 13.2. The van der Waals surface area contributed by atoms with E-state index in [1.54, 1.807) is 0 Å². The lowest BCUT2D eigenvalue weighted by Gasteiger charge is -2.20. The second-order valence-electron chi connectivity index (χ2n) is 5.77. The maximum atomic E-state index is 12.3. The third-order valence-corrected chi connectivity index (χ3v) is 4.10. The quantitative estimate of drug-likeness (QED) is 0.822. The number of anilines is 1. The van der Waals surface area contributed by atoms with Gasteiger partial charge in [-0.25, -0.2) is 4.68 Å². The molecule has 1 fully saturated rings. The fourth-order valence-electron chi connectivity index (χ4n) is 3.26. The molecule has 1 aliphatic rings. The second-order valence-corrected chi connectivity index (χ2v) is 5.77. The van der Waals surface area contributed by atoms with E-state index in [-0.39, 0.29) is 11.5 Å². The Morgan fingerprint density at radius 3 is 2.17 bits per heavy atom. The van der Waals surface area contributed by atoms with Crippen LogP contribution in [0.1, 0.15) is 70.0 Å². The Labute approximate surface area is 109 Å². The predicted molar refractivity (Wildman–Crippen MR) is 74.9 cm³/mol. The maximum absolute atomic E-state index is 12.3. The largest absolute Gasteiger partial charge is 0.393 e. The van der Waals surface area contributed by atoms with E-state index in [1.165, 1.54) is 25.7 Å². The normalized spacial score (nSPS) is 18.2. The van der Waals surface area contributed by atoms with Crippen molar-refractivity contribution in [1.82, 2.24) is 9.36 Å². The summed E-state index contributed by atoms with van der Waals surface area (Å²) in [5, 5.41) is 0. The van der Waals surface area contributed by atoms with Gasteiger partial charge in [0.1, 0.15) is 5.69 Å². The van der Waals surface area contributed by atoms with E-state index >= 15 is 0 Å². The van der Waals surface area contributed by atoms with Gasteiger partial charge >= 0.3 is 0 Å². The molecule has 0 radical (unpaired) electrons. The van der Waals surface area contributed by atoms with Crippen molar-refractivity contribution < 1.29 is 0 Å². The Bertz CT molecular complexity index is 462. The van der Waals surface area contributed by atoms with Crippen LogP contribution in [0.15, 0.2) is 4.79 Å². The van der Waals surface area contributed by atoms with Gasteiger partial charge in [0.15, 0.2) is 0 Å². The minimum absolute atomic E-state index is 0.00750. The molecule has 0 aromatic carbocycles. The minimum Gasteiger partial charge on any atom is -0.393 e. The lowest BCUT2D eigenvalue weighted by Crippen LogP contribution is -2.27. The Kier molecular flexibility index (Phi) is 3.83. The molecule has 1 aromatic heterocycles. The van der Waals surface area contributed by atoms with Gasteiger partial charge in [0.25, 0.3) is 5.56 Å². The highest BCUT2D eigenvalue weighted by Crippen LogP contribution is 2.28. The van der Waals surface area contributed by atoms with Crippen LogP contribution in [-0.2, 0) is 7.05 Å². The molecule has 0 atom stereocenters. The molecule has 2 rings (SSSR count). The molecular weight excluding hydrogens is 226 g/mol. The van der Waals surface area contributed by atoms with Crippen molar-refractivity contribution in [1.29, 1.82) is 0 Å². The predicted octanol–water partition coefficient (Wildman–Crippen LogP) is 2.79. The smallest absolute Gasteiger partial charge is 0.290 e. The van der Waals surface area contributed by atoms with Gasteiger partial charge in [0, 0.05) is 7.05 Å². The molecule has 2 N–H and O–H groups in total. The van der Waals surface area contributed by atoms with Crippen LogP contribution >= 0.6 is 0 Å². The molecular formula is C14H25N3O. The van der Waals surface area contributed by atoms with Gasteiger partial charge < -0.3 is 5.73 Å². The van der Waals surface area contributed by atoms with Crippen molar-refractivity contribution in [2.45, 2.75) is 64.3 Å². The molecule has 0 unspecified atom stereocenters. The van der Waals surface area contributed by atoms with Crippen LogP contribution in [0.4, 0.5) is 5.69 Å². The van der Waals surface area contributed by atoms with Crippen LogP contribution in [-0.4, -0.2) is 9.36 Å². The van der Waals surface area contributed by atoms with Crippen molar-refractivity contribution in [2.24, 2.45) is 7.05 Å². The second kappa shape index (κ2) is 5.21. The molecule has 1 aliphatic carbocycles. The van der Waals surface area contributed by atoms with Crippen LogP contribution in [0.3, 0.4) is 0 Å². The Morgan fingerprint density at radius 2 is 1.72 bits per heavy atom. The Morgan fingerprint density at radius 1 is 1.17 bits per heavy atom. The van der Waals surface area contributed by atoms with Gasteiger partial charge in [-0.1, -0.05) is 39.5 Å². The molecule has 1 saturated carbocycles. The fourth-order valence-corrected chi connectivity index (χ4v) is 3.26. The number of hydrogen-bond donors (Lipinski definition) is 1. The van der Waals surface area contributed by atoms with Crippen molar-refractivity contribution >= 4 is 5.69 Å². The van der Waals surface area contributed by atoms with Gasteiger partial charge in [-0.3, -0.25) is 9.48 Å². The van der Waals surface area contributed by atoms with Gasteiger partial charge in [-0.05, 0) is 18.8 Å². The van der Waals surface area contributed by atoms with E-state index in [2.05, 4.69) is 13.8 Å². The van der Waals surface area contributed by atoms with Crippen LogP contribution in [0.25, 0.3) is 0 Å². The average Bonchev–Trinajstić information content (AvgIpc) is 2.52. The van der Waals surface area contributed by atoms with Crippen molar-refractivity contribution in [2.75, 3.05) is 5.73 Å². The first-order valence-corrected chi connectivity index (χ1v) is 7.11. The van der Waals surface area contributed by atoms with E-state index in [0.29, 0.717) is 11.7 Å². The summed E-state index contributed by atoms with van der Waals surface area (Å²) in [4.78, 5) is 12.3. The van der Waals surface area contributed by atoms with E-state index in [4.69, 9.17) is 5.73 Å². The van der Waals surface area contributed by atoms with Crippen molar-refractivity contribution in [3.63, 3.8) is 0 Å². The number of nitrogens with two attached hydrogens (primary N) is 1. The molecule has 1 heterocycles. The molecule has 0 saturated heterocycles. The molecule has 0 aliphatic heterocycles. The number of nitrogen functional groups attached to an aromatic ring is 1. The molecule has 0 spiro atoms. The van der Waals surface area contributed by atoms with E-state index in [1.807, 2.05) is 16.4 Å². The standard InChI is InChI=1S/C14H25N3O/c1-10(2)13-12(15)14(18)17(16(13)3)11-8-6-4-5-7-9-11/h10-11H,4-9,15H2,1-3H3. The summed E-state index contributed by atoms with van der Waals surface area (Å²) in [6.07, 6.45) is 7.24. The number of rotatable bonds is 2. The lowest BCUT2D eigenvalue weighted by molar-refractivity contribution is 0.344.